The number of hydrogen-bond donors (Lipinski definition) is 2. The average molecular weight is 308 g/mol. The van der Waals surface area contributed by atoms with E-state index in [1.807, 2.05) is 6.92 Å². The number of guanidine groups is 1. The van der Waals surface area contributed by atoms with Crippen LogP contribution in [0.5, 0.6) is 0 Å². The maximum atomic E-state index is 4.91. The first-order valence-corrected chi connectivity index (χ1v) is 7.56. The molecule has 0 aliphatic heterocycles. The lowest BCUT2D eigenvalue weighted by Gasteiger charge is -2.09. The summed E-state index contributed by atoms with van der Waals surface area (Å²) in [5, 5.41) is 11.3. The van der Waals surface area contributed by atoms with Crippen LogP contribution < -0.4 is 10.6 Å². The smallest absolute Gasteiger partial charge is 0.223 e. The van der Waals surface area contributed by atoms with Gasteiger partial charge in [0.15, 0.2) is 11.8 Å². The summed E-state index contributed by atoms with van der Waals surface area (Å²) in [6.45, 7) is 7.15. The van der Waals surface area contributed by atoms with Crippen molar-refractivity contribution in [3.8, 4) is 0 Å². The zero-order chi connectivity index (χ0) is 15.2. The van der Waals surface area contributed by atoms with Crippen molar-refractivity contribution in [2.24, 2.45) is 4.99 Å². The van der Waals surface area contributed by atoms with Crippen LogP contribution in [0.15, 0.2) is 9.52 Å². The molecule has 2 aromatic heterocycles. The minimum absolute atomic E-state index is 0.479. The molecule has 0 saturated heterocycles. The number of aryl methyl sites for hydroxylation is 3. The van der Waals surface area contributed by atoms with E-state index < -0.39 is 0 Å². The van der Waals surface area contributed by atoms with Crippen molar-refractivity contribution in [3.05, 3.63) is 27.3 Å². The standard InChI is InChI=1S/C13H20N6OS/c1-8-9(2)21-12(17-8)5-6-15-13(14-4)16-7-11-18-10(3)20-19-11/h5-7H2,1-4H3,(H2,14,15,16). The molecule has 0 bridgehead atoms. The molecule has 8 heteroatoms. The van der Waals surface area contributed by atoms with Gasteiger partial charge in [-0.1, -0.05) is 5.16 Å². The molecule has 0 unspecified atom stereocenters. The van der Waals surface area contributed by atoms with Crippen LogP contribution in [-0.2, 0) is 13.0 Å². The molecule has 0 radical (unpaired) electrons. The molecule has 2 rings (SSSR count). The van der Waals surface area contributed by atoms with Gasteiger partial charge in [0, 0.05) is 31.8 Å². The lowest BCUT2D eigenvalue weighted by molar-refractivity contribution is 0.387. The second kappa shape index (κ2) is 7.16. The Labute approximate surface area is 127 Å². The maximum Gasteiger partial charge on any atom is 0.223 e. The van der Waals surface area contributed by atoms with E-state index in [4.69, 9.17) is 4.52 Å². The topological polar surface area (TPSA) is 88.2 Å². The zero-order valence-corrected chi connectivity index (χ0v) is 13.5. The molecule has 21 heavy (non-hydrogen) atoms. The highest BCUT2D eigenvalue weighted by Crippen LogP contribution is 2.16. The number of rotatable bonds is 5. The molecule has 0 spiro atoms. The predicted octanol–water partition coefficient (Wildman–Crippen LogP) is 1.36. The van der Waals surface area contributed by atoms with Gasteiger partial charge in [0.05, 0.1) is 17.2 Å². The third-order valence-electron chi connectivity index (χ3n) is 2.91. The van der Waals surface area contributed by atoms with Crippen LogP contribution in [0.4, 0.5) is 0 Å². The molecule has 0 saturated carbocycles. The van der Waals surface area contributed by atoms with Gasteiger partial charge in [-0.25, -0.2) is 4.98 Å². The highest BCUT2D eigenvalue weighted by atomic mass is 32.1. The first kappa shape index (κ1) is 15.4. The second-order valence-electron chi connectivity index (χ2n) is 4.58. The third kappa shape index (κ3) is 4.52. The SMILES string of the molecule is CN=C(NCCc1nc(C)c(C)s1)NCc1noc(C)n1. The first-order valence-electron chi connectivity index (χ1n) is 6.75. The maximum absolute atomic E-state index is 4.91. The summed E-state index contributed by atoms with van der Waals surface area (Å²) in [7, 11) is 1.73. The van der Waals surface area contributed by atoms with Crippen molar-refractivity contribution in [2.75, 3.05) is 13.6 Å². The predicted molar refractivity (Wildman–Crippen MR) is 82.5 cm³/mol. The fraction of sp³-hybridized carbons (Fsp3) is 0.538. The number of nitrogens with one attached hydrogen (secondary N) is 2. The van der Waals surface area contributed by atoms with Crippen molar-refractivity contribution < 1.29 is 4.52 Å². The Hall–Kier alpha value is -1.96. The summed E-state index contributed by atoms with van der Waals surface area (Å²) in [5.74, 6) is 1.88. The van der Waals surface area contributed by atoms with Crippen LogP contribution in [0, 0.1) is 20.8 Å². The summed E-state index contributed by atoms with van der Waals surface area (Å²) in [4.78, 5) is 14.1. The molecule has 2 heterocycles. The van der Waals surface area contributed by atoms with Gasteiger partial charge >= 0.3 is 0 Å². The highest BCUT2D eigenvalue weighted by Gasteiger charge is 2.05. The Bertz CT molecular complexity index is 598. The molecular formula is C13H20N6OS. The van der Waals surface area contributed by atoms with Crippen molar-refractivity contribution in [3.63, 3.8) is 0 Å². The van der Waals surface area contributed by atoms with Gasteiger partial charge in [0.1, 0.15) is 0 Å². The molecule has 2 aromatic rings. The van der Waals surface area contributed by atoms with Gasteiger partial charge in [-0.3, -0.25) is 4.99 Å². The molecule has 114 valence electrons. The Morgan fingerprint density at radius 2 is 2.05 bits per heavy atom. The number of nitrogens with zero attached hydrogens (tertiary/aromatic N) is 4. The Morgan fingerprint density at radius 1 is 1.24 bits per heavy atom. The van der Waals surface area contributed by atoms with Gasteiger partial charge in [-0.05, 0) is 13.8 Å². The largest absolute Gasteiger partial charge is 0.356 e. The van der Waals surface area contributed by atoms with Crippen molar-refractivity contribution in [1.29, 1.82) is 0 Å². The fourth-order valence-electron chi connectivity index (χ4n) is 1.73. The lowest BCUT2D eigenvalue weighted by Crippen LogP contribution is -2.38. The van der Waals surface area contributed by atoms with E-state index in [2.05, 4.69) is 37.7 Å². The number of thiazole rings is 1. The Balaban J connectivity index is 1.75. The van der Waals surface area contributed by atoms with Crippen LogP contribution in [-0.4, -0.2) is 34.7 Å². The molecule has 0 aliphatic carbocycles. The molecule has 0 aliphatic rings. The summed E-state index contributed by atoms with van der Waals surface area (Å²) >= 11 is 1.74. The molecule has 0 fully saturated rings. The van der Waals surface area contributed by atoms with E-state index >= 15 is 0 Å². The van der Waals surface area contributed by atoms with E-state index in [9.17, 15) is 0 Å². The monoisotopic (exact) mass is 308 g/mol. The van der Waals surface area contributed by atoms with Crippen LogP contribution >= 0.6 is 11.3 Å². The van der Waals surface area contributed by atoms with Gasteiger partial charge in [0.2, 0.25) is 5.89 Å². The van der Waals surface area contributed by atoms with Gasteiger partial charge in [-0.15, -0.1) is 11.3 Å². The van der Waals surface area contributed by atoms with Crippen LogP contribution in [0.1, 0.15) is 27.3 Å². The van der Waals surface area contributed by atoms with Crippen molar-refractivity contribution in [2.45, 2.75) is 33.7 Å². The van der Waals surface area contributed by atoms with Gasteiger partial charge < -0.3 is 15.2 Å². The van der Waals surface area contributed by atoms with Gasteiger partial charge in [0.25, 0.3) is 0 Å². The molecule has 0 aromatic carbocycles. The van der Waals surface area contributed by atoms with Crippen LogP contribution in [0.2, 0.25) is 0 Å². The van der Waals surface area contributed by atoms with E-state index in [0.29, 0.717) is 24.2 Å². The quantitative estimate of drug-likeness (QED) is 0.640. The number of aromatic nitrogens is 3. The van der Waals surface area contributed by atoms with Gasteiger partial charge in [-0.2, -0.15) is 4.98 Å². The minimum atomic E-state index is 0.479. The first-order chi connectivity index (χ1) is 10.1. The van der Waals surface area contributed by atoms with Crippen molar-refractivity contribution >= 4 is 17.3 Å². The fourth-order valence-corrected chi connectivity index (χ4v) is 2.66. The number of hydrogen-bond acceptors (Lipinski definition) is 6. The summed E-state index contributed by atoms with van der Waals surface area (Å²) in [6, 6.07) is 0. The Kier molecular flexibility index (Phi) is 5.26. The van der Waals surface area contributed by atoms with Crippen LogP contribution in [0.3, 0.4) is 0 Å². The molecule has 0 atom stereocenters. The third-order valence-corrected chi connectivity index (χ3v) is 4.04. The summed E-state index contributed by atoms with van der Waals surface area (Å²) in [5.41, 5.74) is 1.12. The number of aliphatic imine (C=N–C) groups is 1. The average Bonchev–Trinajstić information content (AvgIpc) is 3.00. The van der Waals surface area contributed by atoms with Crippen LogP contribution in [0.25, 0.3) is 0 Å². The van der Waals surface area contributed by atoms with E-state index in [1.54, 1.807) is 25.3 Å². The molecule has 2 N–H and O–H groups in total. The molecule has 0 amide bonds. The molecule has 7 nitrogen and oxygen atoms in total. The molecular weight excluding hydrogens is 288 g/mol. The second-order valence-corrected chi connectivity index (χ2v) is 5.87. The normalized spacial score (nSPS) is 11.7. The van der Waals surface area contributed by atoms with E-state index in [0.717, 1.165) is 23.7 Å². The minimum Gasteiger partial charge on any atom is -0.356 e. The lowest BCUT2D eigenvalue weighted by atomic mass is 10.4. The van der Waals surface area contributed by atoms with E-state index in [-0.39, 0.29) is 0 Å². The van der Waals surface area contributed by atoms with E-state index in [1.165, 1.54) is 4.88 Å². The van der Waals surface area contributed by atoms with Crippen molar-refractivity contribution in [1.82, 2.24) is 25.8 Å². The Morgan fingerprint density at radius 3 is 2.62 bits per heavy atom. The zero-order valence-electron chi connectivity index (χ0n) is 12.7. The summed E-state index contributed by atoms with van der Waals surface area (Å²) in [6.07, 6.45) is 0.876. The summed E-state index contributed by atoms with van der Waals surface area (Å²) < 4.78 is 4.91. The highest BCUT2D eigenvalue weighted by molar-refractivity contribution is 7.11.